The number of anilines is 1. The number of ether oxygens (including phenoxy) is 3. The molecule has 3 rings (SSSR count). The molecule has 5 heteroatoms. The van der Waals surface area contributed by atoms with Crippen LogP contribution in [0.15, 0.2) is 48.5 Å². The Morgan fingerprint density at radius 3 is 2.81 bits per heavy atom. The van der Waals surface area contributed by atoms with Crippen molar-refractivity contribution in [2.24, 2.45) is 0 Å². The molecule has 1 heterocycles. The summed E-state index contributed by atoms with van der Waals surface area (Å²) in [6, 6.07) is 14.4. The van der Waals surface area contributed by atoms with E-state index in [0.29, 0.717) is 22.9 Å². The van der Waals surface area contributed by atoms with Gasteiger partial charge in [0.2, 0.25) is 6.10 Å². The minimum Gasteiger partial charge on any atom is -0.497 e. The van der Waals surface area contributed by atoms with E-state index >= 15 is 0 Å². The molecule has 5 nitrogen and oxygen atoms in total. The normalized spacial score (nSPS) is 16.1. The van der Waals surface area contributed by atoms with E-state index < -0.39 is 6.10 Å². The molecule has 0 unspecified atom stereocenters. The molecule has 108 valence electrons. The molecule has 21 heavy (non-hydrogen) atoms. The Morgan fingerprint density at radius 2 is 2.00 bits per heavy atom. The number of nitrogens with one attached hydrogen (secondary N) is 1. The number of hydrogen-bond donors (Lipinski definition) is 1. The predicted octanol–water partition coefficient (Wildman–Crippen LogP) is 2.47. The molecule has 1 aliphatic rings. The van der Waals surface area contributed by atoms with E-state index in [4.69, 9.17) is 14.2 Å². The van der Waals surface area contributed by atoms with Gasteiger partial charge in [-0.3, -0.25) is 4.79 Å². The van der Waals surface area contributed by atoms with Crippen molar-refractivity contribution >= 4 is 11.6 Å². The van der Waals surface area contributed by atoms with Crippen molar-refractivity contribution in [3.8, 4) is 17.2 Å². The number of amides is 1. The SMILES string of the molecule is COc1cccc(NC(=O)[C@@H]2COc3ccccc3O2)c1. The van der Waals surface area contributed by atoms with Crippen LogP contribution in [-0.2, 0) is 4.79 Å². The van der Waals surface area contributed by atoms with Gasteiger partial charge in [0, 0.05) is 11.8 Å². The van der Waals surface area contributed by atoms with Crippen LogP contribution in [0.4, 0.5) is 5.69 Å². The van der Waals surface area contributed by atoms with Gasteiger partial charge in [0.25, 0.3) is 5.91 Å². The first-order valence-corrected chi connectivity index (χ1v) is 6.59. The van der Waals surface area contributed by atoms with Gasteiger partial charge in [0.1, 0.15) is 12.4 Å². The zero-order chi connectivity index (χ0) is 14.7. The van der Waals surface area contributed by atoms with Crippen LogP contribution in [0.25, 0.3) is 0 Å². The minimum absolute atomic E-state index is 0.187. The number of carbonyl (C=O) groups excluding carboxylic acids is 1. The first-order valence-electron chi connectivity index (χ1n) is 6.59. The van der Waals surface area contributed by atoms with Gasteiger partial charge in [-0.05, 0) is 24.3 Å². The largest absolute Gasteiger partial charge is 0.497 e. The fourth-order valence-electron chi connectivity index (χ4n) is 2.07. The molecule has 1 atom stereocenters. The highest BCUT2D eigenvalue weighted by Gasteiger charge is 2.27. The van der Waals surface area contributed by atoms with Crippen LogP contribution in [0, 0.1) is 0 Å². The molecule has 2 aromatic carbocycles. The standard InChI is InChI=1S/C16H15NO4/c1-19-12-6-4-5-11(9-12)17-16(18)15-10-20-13-7-2-3-8-14(13)21-15/h2-9,15H,10H2,1H3,(H,17,18)/t15-/m0/s1. The summed E-state index contributed by atoms with van der Waals surface area (Å²) in [5, 5.41) is 2.79. The second-order valence-corrected chi connectivity index (χ2v) is 4.59. The third-order valence-corrected chi connectivity index (χ3v) is 3.14. The van der Waals surface area contributed by atoms with Crippen molar-refractivity contribution in [3.63, 3.8) is 0 Å². The molecular formula is C16H15NO4. The molecular weight excluding hydrogens is 270 g/mol. The summed E-state index contributed by atoms with van der Waals surface area (Å²) in [6.07, 6.45) is -0.675. The smallest absolute Gasteiger partial charge is 0.269 e. The Hall–Kier alpha value is -2.69. The van der Waals surface area contributed by atoms with Crippen molar-refractivity contribution in [2.75, 3.05) is 19.0 Å². The predicted molar refractivity (Wildman–Crippen MR) is 78.0 cm³/mol. The van der Waals surface area contributed by atoms with Gasteiger partial charge in [-0.2, -0.15) is 0 Å². The Kier molecular flexibility index (Phi) is 3.64. The van der Waals surface area contributed by atoms with E-state index in [2.05, 4.69) is 5.32 Å². The zero-order valence-corrected chi connectivity index (χ0v) is 11.5. The summed E-state index contributed by atoms with van der Waals surface area (Å²) in [7, 11) is 1.58. The fourth-order valence-corrected chi connectivity index (χ4v) is 2.07. The molecule has 1 aliphatic heterocycles. The summed E-state index contributed by atoms with van der Waals surface area (Å²) in [6.45, 7) is 0.187. The molecule has 1 amide bonds. The first-order chi connectivity index (χ1) is 10.3. The van der Waals surface area contributed by atoms with E-state index in [1.165, 1.54) is 0 Å². The molecule has 0 spiro atoms. The van der Waals surface area contributed by atoms with Crippen LogP contribution < -0.4 is 19.5 Å². The highest BCUT2D eigenvalue weighted by atomic mass is 16.6. The van der Waals surface area contributed by atoms with Gasteiger partial charge in [-0.1, -0.05) is 18.2 Å². The second-order valence-electron chi connectivity index (χ2n) is 4.59. The van der Waals surface area contributed by atoms with Gasteiger partial charge >= 0.3 is 0 Å². The van der Waals surface area contributed by atoms with Crippen LogP contribution >= 0.6 is 0 Å². The fraction of sp³-hybridized carbons (Fsp3) is 0.188. The van der Waals surface area contributed by atoms with Gasteiger partial charge < -0.3 is 19.5 Å². The highest BCUT2D eigenvalue weighted by Crippen LogP contribution is 2.31. The average molecular weight is 285 g/mol. The molecule has 0 bridgehead atoms. The van der Waals surface area contributed by atoms with E-state index in [1.54, 1.807) is 25.3 Å². The highest BCUT2D eigenvalue weighted by molar-refractivity contribution is 5.94. The third-order valence-electron chi connectivity index (χ3n) is 3.14. The third kappa shape index (κ3) is 2.91. The number of hydrogen-bond acceptors (Lipinski definition) is 4. The van der Waals surface area contributed by atoms with Crippen molar-refractivity contribution in [1.82, 2.24) is 0 Å². The van der Waals surface area contributed by atoms with E-state index in [-0.39, 0.29) is 12.5 Å². The van der Waals surface area contributed by atoms with Crippen LogP contribution in [0.2, 0.25) is 0 Å². The van der Waals surface area contributed by atoms with Gasteiger partial charge in [-0.25, -0.2) is 0 Å². The maximum absolute atomic E-state index is 12.2. The van der Waals surface area contributed by atoms with Crippen molar-refractivity contribution in [2.45, 2.75) is 6.10 Å². The van der Waals surface area contributed by atoms with Gasteiger partial charge in [0.05, 0.1) is 7.11 Å². The monoisotopic (exact) mass is 285 g/mol. The summed E-state index contributed by atoms with van der Waals surface area (Å²) >= 11 is 0. The van der Waals surface area contributed by atoms with Crippen molar-refractivity contribution in [1.29, 1.82) is 0 Å². The Bertz CT molecular complexity index is 656. The quantitative estimate of drug-likeness (QED) is 0.941. The van der Waals surface area contributed by atoms with Crippen LogP contribution in [0.5, 0.6) is 17.2 Å². The lowest BCUT2D eigenvalue weighted by Crippen LogP contribution is -2.40. The van der Waals surface area contributed by atoms with Crippen LogP contribution in [0.3, 0.4) is 0 Å². The molecule has 0 aliphatic carbocycles. The first kappa shape index (κ1) is 13.3. The molecule has 0 saturated heterocycles. The summed E-state index contributed by atoms with van der Waals surface area (Å²) in [4.78, 5) is 12.2. The number of fused-ring (bicyclic) bond motifs is 1. The Labute approximate surface area is 122 Å². The Morgan fingerprint density at radius 1 is 1.19 bits per heavy atom. The van der Waals surface area contributed by atoms with Crippen molar-refractivity contribution < 1.29 is 19.0 Å². The van der Waals surface area contributed by atoms with E-state index in [1.807, 2.05) is 30.3 Å². The maximum Gasteiger partial charge on any atom is 0.269 e. The molecule has 0 radical (unpaired) electrons. The molecule has 0 aromatic heterocycles. The molecule has 1 N–H and O–H groups in total. The zero-order valence-electron chi connectivity index (χ0n) is 11.5. The number of carbonyl (C=O) groups is 1. The summed E-state index contributed by atoms with van der Waals surface area (Å²) < 4.78 is 16.3. The lowest BCUT2D eigenvalue weighted by molar-refractivity contribution is -0.125. The minimum atomic E-state index is -0.675. The van der Waals surface area contributed by atoms with Crippen LogP contribution in [-0.4, -0.2) is 25.7 Å². The van der Waals surface area contributed by atoms with E-state index in [9.17, 15) is 4.79 Å². The van der Waals surface area contributed by atoms with Gasteiger partial charge in [-0.15, -0.1) is 0 Å². The van der Waals surface area contributed by atoms with Crippen LogP contribution in [0.1, 0.15) is 0 Å². The molecule has 2 aromatic rings. The topological polar surface area (TPSA) is 56.8 Å². The lowest BCUT2D eigenvalue weighted by Gasteiger charge is -2.25. The van der Waals surface area contributed by atoms with E-state index in [0.717, 1.165) is 0 Å². The lowest BCUT2D eigenvalue weighted by atomic mass is 10.2. The maximum atomic E-state index is 12.2. The summed E-state index contributed by atoms with van der Waals surface area (Å²) in [5.41, 5.74) is 0.654. The number of benzene rings is 2. The molecule has 0 fully saturated rings. The average Bonchev–Trinajstić information content (AvgIpc) is 2.54. The van der Waals surface area contributed by atoms with Gasteiger partial charge in [0.15, 0.2) is 11.5 Å². The number of methoxy groups -OCH3 is 1. The second kappa shape index (κ2) is 5.75. The Balaban J connectivity index is 1.69. The number of rotatable bonds is 3. The summed E-state index contributed by atoms with van der Waals surface area (Å²) in [5.74, 6) is 1.66. The van der Waals surface area contributed by atoms with Crippen molar-refractivity contribution in [3.05, 3.63) is 48.5 Å². The number of para-hydroxylation sites is 2. The molecule has 0 saturated carbocycles.